The highest BCUT2D eigenvalue weighted by atomic mass is 35.5. The summed E-state index contributed by atoms with van der Waals surface area (Å²) >= 11 is 0. The highest BCUT2D eigenvalue weighted by Gasteiger charge is 2.15. The van der Waals surface area contributed by atoms with Crippen molar-refractivity contribution in [3.8, 4) is 5.75 Å². The van der Waals surface area contributed by atoms with Crippen molar-refractivity contribution in [2.75, 3.05) is 26.2 Å². The van der Waals surface area contributed by atoms with E-state index in [-0.39, 0.29) is 30.8 Å². The summed E-state index contributed by atoms with van der Waals surface area (Å²) in [5.74, 6) is 1.19. The summed E-state index contributed by atoms with van der Waals surface area (Å²) in [5, 5.41) is 8.94. The third-order valence-electron chi connectivity index (χ3n) is 4.07. The van der Waals surface area contributed by atoms with Gasteiger partial charge in [0.1, 0.15) is 5.75 Å². The fraction of sp³-hybridized carbons (Fsp3) is 0.556. The molecule has 6 nitrogen and oxygen atoms in total. The Morgan fingerprint density at radius 1 is 1.28 bits per heavy atom. The lowest BCUT2D eigenvalue weighted by atomic mass is 10.0. The first-order chi connectivity index (χ1) is 11.7. The highest BCUT2D eigenvalue weighted by Crippen LogP contribution is 2.15. The van der Waals surface area contributed by atoms with Gasteiger partial charge in [0.15, 0.2) is 6.61 Å². The van der Waals surface area contributed by atoms with Crippen molar-refractivity contribution >= 4 is 24.2 Å². The number of likely N-dealkylation sites (N-methyl/N-ethyl adjacent to an activating group) is 1. The van der Waals surface area contributed by atoms with E-state index in [9.17, 15) is 9.59 Å². The molecular weight excluding hydrogens is 342 g/mol. The van der Waals surface area contributed by atoms with Gasteiger partial charge in [0.05, 0.1) is 0 Å². The van der Waals surface area contributed by atoms with Gasteiger partial charge in [0.25, 0.3) is 5.91 Å². The Morgan fingerprint density at radius 2 is 2.12 bits per heavy atom. The molecule has 3 N–H and O–H groups in total. The molecular formula is C18H28ClN3O3. The average molecular weight is 370 g/mol. The van der Waals surface area contributed by atoms with Crippen LogP contribution in [0.5, 0.6) is 5.75 Å². The highest BCUT2D eigenvalue weighted by molar-refractivity contribution is 5.85. The predicted molar refractivity (Wildman–Crippen MR) is 99.9 cm³/mol. The predicted octanol–water partition coefficient (Wildman–Crippen LogP) is 1.63. The maximum atomic E-state index is 11.9. The number of rotatable bonds is 9. The number of nitrogens with one attached hydrogen (secondary N) is 3. The molecule has 0 aromatic heterocycles. The number of carbonyl (C=O) groups is 2. The summed E-state index contributed by atoms with van der Waals surface area (Å²) < 4.78 is 5.45. The number of halogens is 1. The molecule has 0 saturated carbocycles. The van der Waals surface area contributed by atoms with Crippen LogP contribution in [0, 0.1) is 5.92 Å². The van der Waals surface area contributed by atoms with Crippen LogP contribution >= 0.6 is 12.4 Å². The number of amides is 2. The zero-order chi connectivity index (χ0) is 17.2. The van der Waals surface area contributed by atoms with E-state index in [2.05, 4.69) is 16.0 Å². The molecule has 2 amide bonds. The second-order valence-electron chi connectivity index (χ2n) is 6.06. The fourth-order valence-corrected chi connectivity index (χ4v) is 2.73. The Hall–Kier alpha value is -1.79. The number of hydrogen-bond donors (Lipinski definition) is 3. The lowest BCUT2D eigenvalue weighted by Crippen LogP contribution is -2.28. The van der Waals surface area contributed by atoms with Crippen molar-refractivity contribution in [1.82, 2.24) is 16.0 Å². The maximum absolute atomic E-state index is 11.9. The van der Waals surface area contributed by atoms with E-state index in [1.165, 1.54) is 0 Å². The van der Waals surface area contributed by atoms with Gasteiger partial charge in [-0.2, -0.15) is 0 Å². The van der Waals surface area contributed by atoms with Gasteiger partial charge in [0, 0.05) is 19.5 Å². The van der Waals surface area contributed by atoms with Gasteiger partial charge in [-0.3, -0.25) is 9.59 Å². The summed E-state index contributed by atoms with van der Waals surface area (Å²) in [7, 11) is 0. The van der Waals surface area contributed by atoms with Crippen LogP contribution in [-0.4, -0.2) is 38.1 Å². The van der Waals surface area contributed by atoms with Crippen molar-refractivity contribution in [1.29, 1.82) is 0 Å². The lowest BCUT2D eigenvalue weighted by molar-refractivity contribution is -0.123. The second kappa shape index (κ2) is 11.7. The molecule has 1 heterocycles. The SMILES string of the molecule is CCNC(=O)COc1cccc(CNC(=O)CCC2CCNC2)c1.Cl. The number of carbonyl (C=O) groups excluding carboxylic acids is 2. The minimum atomic E-state index is -0.141. The molecule has 1 unspecified atom stereocenters. The number of benzene rings is 1. The lowest BCUT2D eigenvalue weighted by Gasteiger charge is -2.10. The topological polar surface area (TPSA) is 79.5 Å². The van der Waals surface area contributed by atoms with E-state index in [1.54, 1.807) is 6.07 Å². The first-order valence-corrected chi connectivity index (χ1v) is 8.63. The largest absolute Gasteiger partial charge is 0.484 e. The summed E-state index contributed by atoms with van der Waals surface area (Å²) in [6.07, 6.45) is 2.67. The summed E-state index contributed by atoms with van der Waals surface area (Å²) in [6, 6.07) is 7.44. The Kier molecular flexibility index (Phi) is 9.96. The zero-order valence-corrected chi connectivity index (χ0v) is 15.5. The molecule has 1 aliphatic heterocycles. The van der Waals surface area contributed by atoms with Gasteiger partial charge in [-0.1, -0.05) is 12.1 Å². The first kappa shape index (κ1) is 21.3. The third-order valence-corrected chi connectivity index (χ3v) is 4.07. The molecule has 7 heteroatoms. The van der Waals surface area contributed by atoms with Gasteiger partial charge in [-0.05, 0) is 56.5 Å². The molecule has 1 aliphatic rings. The molecule has 1 saturated heterocycles. The molecule has 1 aromatic carbocycles. The Balaban J connectivity index is 0.00000312. The molecule has 0 spiro atoms. The molecule has 0 radical (unpaired) electrons. The van der Waals surface area contributed by atoms with Crippen LogP contribution < -0.4 is 20.7 Å². The van der Waals surface area contributed by atoms with Crippen LogP contribution in [0.15, 0.2) is 24.3 Å². The monoisotopic (exact) mass is 369 g/mol. The smallest absolute Gasteiger partial charge is 0.257 e. The Morgan fingerprint density at radius 3 is 2.84 bits per heavy atom. The molecule has 1 aromatic rings. The quantitative estimate of drug-likeness (QED) is 0.618. The van der Waals surface area contributed by atoms with Crippen LogP contribution in [0.4, 0.5) is 0 Å². The molecule has 25 heavy (non-hydrogen) atoms. The standard InChI is InChI=1S/C18H27N3O3.ClH/c1-2-20-18(23)13-24-16-5-3-4-15(10-16)12-21-17(22)7-6-14-8-9-19-11-14;/h3-5,10,14,19H,2,6-9,11-13H2,1H3,(H,20,23)(H,21,22);1H. The molecule has 0 bridgehead atoms. The zero-order valence-electron chi connectivity index (χ0n) is 14.7. The average Bonchev–Trinajstić information content (AvgIpc) is 3.10. The molecule has 0 aliphatic carbocycles. The van der Waals surface area contributed by atoms with Crippen LogP contribution in [-0.2, 0) is 16.1 Å². The Bertz CT molecular complexity index is 548. The number of ether oxygens (including phenoxy) is 1. The van der Waals surface area contributed by atoms with Crippen molar-refractivity contribution in [2.24, 2.45) is 5.92 Å². The molecule has 2 rings (SSSR count). The first-order valence-electron chi connectivity index (χ1n) is 8.63. The summed E-state index contributed by atoms with van der Waals surface area (Å²) in [6.45, 7) is 5.02. The van der Waals surface area contributed by atoms with Crippen molar-refractivity contribution < 1.29 is 14.3 Å². The van der Waals surface area contributed by atoms with Gasteiger partial charge < -0.3 is 20.7 Å². The minimum absolute atomic E-state index is 0. The van der Waals surface area contributed by atoms with Gasteiger partial charge in [0.2, 0.25) is 5.91 Å². The maximum Gasteiger partial charge on any atom is 0.257 e. The van der Waals surface area contributed by atoms with Crippen LogP contribution in [0.25, 0.3) is 0 Å². The number of hydrogen-bond acceptors (Lipinski definition) is 4. The van der Waals surface area contributed by atoms with E-state index in [1.807, 2.05) is 25.1 Å². The summed E-state index contributed by atoms with van der Waals surface area (Å²) in [5.41, 5.74) is 0.958. The summed E-state index contributed by atoms with van der Waals surface area (Å²) in [4.78, 5) is 23.3. The van der Waals surface area contributed by atoms with E-state index >= 15 is 0 Å². The second-order valence-corrected chi connectivity index (χ2v) is 6.06. The molecule has 1 atom stereocenters. The van der Waals surface area contributed by atoms with Crippen LogP contribution in [0.1, 0.15) is 31.7 Å². The van der Waals surface area contributed by atoms with Gasteiger partial charge in [-0.25, -0.2) is 0 Å². The van der Waals surface area contributed by atoms with Gasteiger partial charge >= 0.3 is 0 Å². The van der Waals surface area contributed by atoms with E-state index < -0.39 is 0 Å². The van der Waals surface area contributed by atoms with Crippen molar-refractivity contribution in [2.45, 2.75) is 32.7 Å². The van der Waals surface area contributed by atoms with E-state index in [0.29, 0.717) is 31.2 Å². The third kappa shape index (κ3) is 8.23. The van der Waals surface area contributed by atoms with Crippen LogP contribution in [0.2, 0.25) is 0 Å². The van der Waals surface area contributed by atoms with Crippen molar-refractivity contribution in [3.05, 3.63) is 29.8 Å². The van der Waals surface area contributed by atoms with E-state index in [4.69, 9.17) is 4.74 Å². The minimum Gasteiger partial charge on any atom is -0.484 e. The fourth-order valence-electron chi connectivity index (χ4n) is 2.73. The molecule has 140 valence electrons. The van der Waals surface area contributed by atoms with Crippen LogP contribution in [0.3, 0.4) is 0 Å². The van der Waals surface area contributed by atoms with Gasteiger partial charge in [-0.15, -0.1) is 12.4 Å². The van der Waals surface area contributed by atoms with Crippen molar-refractivity contribution in [3.63, 3.8) is 0 Å². The Labute approximate surface area is 155 Å². The van der Waals surface area contributed by atoms with E-state index in [0.717, 1.165) is 31.5 Å². The normalized spacial score (nSPS) is 16.0. The molecule has 1 fully saturated rings.